The third kappa shape index (κ3) is 2.10. The Balaban J connectivity index is 1.99. The van der Waals surface area contributed by atoms with Crippen LogP contribution in [-0.2, 0) is 0 Å². The Kier molecular flexibility index (Phi) is 3.19. The highest BCUT2D eigenvalue weighted by atomic mass is 15.1. The Morgan fingerprint density at radius 3 is 2.36 bits per heavy atom. The number of anilines is 1. The van der Waals surface area contributed by atoms with Crippen LogP contribution in [0.5, 0.6) is 0 Å². The van der Waals surface area contributed by atoms with Crippen molar-refractivity contribution in [1.29, 1.82) is 0 Å². The summed E-state index contributed by atoms with van der Waals surface area (Å²) in [6, 6.07) is 19.7. The van der Waals surface area contributed by atoms with Gasteiger partial charge >= 0.3 is 0 Å². The molecule has 3 aromatic carbocycles. The zero-order valence-electron chi connectivity index (χ0n) is 12.8. The van der Waals surface area contributed by atoms with Crippen molar-refractivity contribution in [1.82, 2.24) is 0 Å². The zero-order valence-corrected chi connectivity index (χ0v) is 12.8. The van der Waals surface area contributed by atoms with E-state index in [2.05, 4.69) is 84.8 Å². The van der Waals surface area contributed by atoms with Crippen LogP contribution in [0.3, 0.4) is 0 Å². The lowest BCUT2D eigenvalue weighted by Crippen LogP contribution is -2.17. The zero-order chi connectivity index (χ0) is 14.9. The number of fused-ring (bicyclic) bond motifs is 3. The molecule has 0 unspecified atom stereocenters. The van der Waals surface area contributed by atoms with Gasteiger partial charge in [0.25, 0.3) is 0 Å². The molecule has 0 aliphatic heterocycles. The van der Waals surface area contributed by atoms with Gasteiger partial charge < -0.3 is 4.90 Å². The Morgan fingerprint density at radius 2 is 1.59 bits per heavy atom. The van der Waals surface area contributed by atoms with E-state index in [0.29, 0.717) is 0 Å². The first-order valence-electron chi connectivity index (χ1n) is 7.84. The van der Waals surface area contributed by atoms with E-state index in [1.165, 1.54) is 32.9 Å². The largest absolute Gasteiger partial charge is 0.348 e. The van der Waals surface area contributed by atoms with Gasteiger partial charge in [-0.05, 0) is 41.1 Å². The Hall–Kier alpha value is -2.54. The first-order valence-corrected chi connectivity index (χ1v) is 7.84. The topological polar surface area (TPSA) is 3.24 Å². The number of hydrogen-bond acceptors (Lipinski definition) is 1. The summed E-state index contributed by atoms with van der Waals surface area (Å²) in [5, 5.41) is 5.27. The predicted octanol–water partition coefficient (Wildman–Crippen LogP) is 5.66. The highest BCUT2D eigenvalue weighted by Gasteiger charge is 2.13. The highest BCUT2D eigenvalue weighted by Crippen LogP contribution is 2.35. The van der Waals surface area contributed by atoms with Gasteiger partial charge in [-0.3, -0.25) is 0 Å². The molecule has 0 aromatic heterocycles. The van der Waals surface area contributed by atoms with Crippen molar-refractivity contribution >= 4 is 27.2 Å². The monoisotopic (exact) mass is 285 g/mol. The van der Waals surface area contributed by atoms with Gasteiger partial charge in [-0.2, -0.15) is 0 Å². The molecule has 0 N–H and O–H groups in total. The fraction of sp³-hybridized carbons (Fsp3) is 0.143. The maximum atomic E-state index is 2.35. The molecule has 0 spiro atoms. The minimum Gasteiger partial charge on any atom is -0.348 e. The van der Waals surface area contributed by atoms with E-state index in [0.717, 1.165) is 12.8 Å². The maximum absolute atomic E-state index is 2.35. The first kappa shape index (κ1) is 13.1. The van der Waals surface area contributed by atoms with Crippen molar-refractivity contribution in [3.05, 3.63) is 78.5 Å². The standard InChI is InChI=1S/C21H19N/c1-22(17-10-3-2-4-11-17)21-15-16-9-5-6-12-18(16)19-13-7-8-14-20(19)21/h2-3,5-10,12-15H,4,11H2,1H3. The number of nitrogens with zero attached hydrogens (tertiary/aromatic N) is 1. The Labute approximate surface area is 131 Å². The van der Waals surface area contributed by atoms with E-state index >= 15 is 0 Å². The molecule has 1 heteroatoms. The summed E-state index contributed by atoms with van der Waals surface area (Å²) >= 11 is 0. The van der Waals surface area contributed by atoms with Crippen LogP contribution < -0.4 is 4.90 Å². The highest BCUT2D eigenvalue weighted by molar-refractivity contribution is 6.13. The maximum Gasteiger partial charge on any atom is 0.0491 e. The van der Waals surface area contributed by atoms with Crippen LogP contribution in [0, 0.1) is 0 Å². The van der Waals surface area contributed by atoms with Gasteiger partial charge in [-0.25, -0.2) is 0 Å². The molecule has 0 atom stereocenters. The average molecular weight is 285 g/mol. The van der Waals surface area contributed by atoms with Crippen molar-refractivity contribution < 1.29 is 0 Å². The minimum absolute atomic E-state index is 1.11. The smallest absolute Gasteiger partial charge is 0.0491 e. The molecule has 0 saturated carbocycles. The van der Waals surface area contributed by atoms with Gasteiger partial charge in [0.05, 0.1) is 0 Å². The van der Waals surface area contributed by atoms with E-state index in [-0.39, 0.29) is 0 Å². The third-order valence-electron chi connectivity index (χ3n) is 4.53. The predicted molar refractivity (Wildman–Crippen MR) is 96.3 cm³/mol. The normalized spacial score (nSPS) is 14.3. The van der Waals surface area contributed by atoms with E-state index in [9.17, 15) is 0 Å². The summed E-state index contributed by atoms with van der Waals surface area (Å²) in [5.41, 5.74) is 2.67. The molecule has 0 radical (unpaired) electrons. The second-order valence-corrected chi connectivity index (χ2v) is 5.85. The number of hydrogen-bond donors (Lipinski definition) is 0. The fourth-order valence-electron chi connectivity index (χ4n) is 3.34. The molecule has 1 aliphatic carbocycles. The summed E-state index contributed by atoms with van der Waals surface area (Å²) in [6.45, 7) is 0. The van der Waals surface area contributed by atoms with Crippen molar-refractivity contribution in [3.63, 3.8) is 0 Å². The van der Waals surface area contributed by atoms with Crippen LogP contribution in [0.2, 0.25) is 0 Å². The van der Waals surface area contributed by atoms with Gasteiger partial charge in [0.15, 0.2) is 0 Å². The van der Waals surface area contributed by atoms with Crippen LogP contribution in [0.4, 0.5) is 5.69 Å². The van der Waals surface area contributed by atoms with Gasteiger partial charge in [0.1, 0.15) is 0 Å². The van der Waals surface area contributed by atoms with Crippen LogP contribution in [-0.4, -0.2) is 7.05 Å². The molecule has 3 aromatic rings. The van der Waals surface area contributed by atoms with E-state index in [1.807, 2.05) is 0 Å². The Bertz CT molecular complexity index is 902. The van der Waals surface area contributed by atoms with E-state index in [4.69, 9.17) is 0 Å². The number of allylic oxidation sites excluding steroid dienone is 4. The molecule has 1 nitrogen and oxygen atoms in total. The molecule has 22 heavy (non-hydrogen) atoms. The first-order chi connectivity index (χ1) is 10.8. The van der Waals surface area contributed by atoms with E-state index < -0.39 is 0 Å². The molecule has 0 fully saturated rings. The molecule has 108 valence electrons. The molecule has 1 aliphatic rings. The van der Waals surface area contributed by atoms with Crippen LogP contribution in [0.15, 0.2) is 78.5 Å². The van der Waals surface area contributed by atoms with Gasteiger partial charge in [0.2, 0.25) is 0 Å². The van der Waals surface area contributed by atoms with Gasteiger partial charge in [-0.15, -0.1) is 0 Å². The molecule has 0 amide bonds. The van der Waals surface area contributed by atoms with Gasteiger partial charge in [0, 0.05) is 23.8 Å². The number of benzene rings is 3. The van der Waals surface area contributed by atoms with Crippen LogP contribution >= 0.6 is 0 Å². The minimum atomic E-state index is 1.11. The fourth-order valence-corrected chi connectivity index (χ4v) is 3.34. The van der Waals surface area contributed by atoms with E-state index in [1.54, 1.807) is 0 Å². The second-order valence-electron chi connectivity index (χ2n) is 5.85. The summed E-state index contributed by atoms with van der Waals surface area (Å²) in [7, 11) is 2.18. The molecular weight excluding hydrogens is 266 g/mol. The lowest BCUT2D eigenvalue weighted by atomic mass is 9.99. The summed E-state index contributed by atoms with van der Waals surface area (Å²) in [5.74, 6) is 0. The summed E-state index contributed by atoms with van der Waals surface area (Å²) < 4.78 is 0. The van der Waals surface area contributed by atoms with Gasteiger partial charge in [-0.1, -0.05) is 60.7 Å². The molecule has 0 heterocycles. The molecule has 0 saturated heterocycles. The van der Waals surface area contributed by atoms with Crippen LogP contribution in [0.25, 0.3) is 21.5 Å². The molecule has 0 bridgehead atoms. The lowest BCUT2D eigenvalue weighted by Gasteiger charge is -2.26. The molecular formula is C21H19N. The number of rotatable bonds is 2. The SMILES string of the molecule is CN(C1=CC=CCC1)c1cc2ccccc2c2ccccc12. The summed E-state index contributed by atoms with van der Waals surface area (Å²) in [4.78, 5) is 2.35. The lowest BCUT2D eigenvalue weighted by molar-refractivity contribution is 0.899. The summed E-state index contributed by atoms with van der Waals surface area (Å²) in [6.07, 6.45) is 8.86. The van der Waals surface area contributed by atoms with Crippen molar-refractivity contribution in [2.75, 3.05) is 11.9 Å². The van der Waals surface area contributed by atoms with Crippen molar-refractivity contribution in [3.8, 4) is 0 Å². The molecule has 4 rings (SSSR count). The average Bonchev–Trinajstić information content (AvgIpc) is 2.61. The van der Waals surface area contributed by atoms with Crippen molar-refractivity contribution in [2.24, 2.45) is 0 Å². The third-order valence-corrected chi connectivity index (χ3v) is 4.53. The quantitative estimate of drug-likeness (QED) is 0.549. The Morgan fingerprint density at radius 1 is 0.864 bits per heavy atom. The van der Waals surface area contributed by atoms with Crippen LogP contribution in [0.1, 0.15) is 12.8 Å². The van der Waals surface area contributed by atoms with Crippen molar-refractivity contribution in [2.45, 2.75) is 12.8 Å². The second kappa shape index (κ2) is 5.34.